The van der Waals surface area contributed by atoms with E-state index in [-0.39, 0.29) is 17.2 Å². The minimum absolute atomic E-state index is 0.216. The molecule has 2 amide bonds. The molecule has 0 radical (unpaired) electrons. The van der Waals surface area contributed by atoms with E-state index in [4.69, 9.17) is 5.26 Å². The van der Waals surface area contributed by atoms with Gasteiger partial charge in [-0.3, -0.25) is 14.3 Å². The van der Waals surface area contributed by atoms with Crippen molar-refractivity contribution in [3.63, 3.8) is 0 Å². The quantitative estimate of drug-likeness (QED) is 0.558. The van der Waals surface area contributed by atoms with Crippen LogP contribution >= 0.6 is 0 Å². The summed E-state index contributed by atoms with van der Waals surface area (Å²) < 4.78 is 1.58. The number of nitriles is 1. The van der Waals surface area contributed by atoms with Gasteiger partial charge in [-0.05, 0) is 48.7 Å². The van der Waals surface area contributed by atoms with Crippen LogP contribution in [0.15, 0.2) is 54.7 Å². The van der Waals surface area contributed by atoms with Gasteiger partial charge in [0.25, 0.3) is 11.8 Å². The molecule has 8 heteroatoms. The molecule has 1 aliphatic heterocycles. The lowest BCUT2D eigenvalue weighted by atomic mass is 9.93. The fourth-order valence-corrected chi connectivity index (χ4v) is 4.15. The van der Waals surface area contributed by atoms with Crippen molar-refractivity contribution >= 4 is 23.2 Å². The second-order valence-electron chi connectivity index (χ2n) is 8.41. The maximum absolute atomic E-state index is 13.3. The van der Waals surface area contributed by atoms with Crippen molar-refractivity contribution in [2.45, 2.75) is 52.2 Å². The van der Waals surface area contributed by atoms with Crippen molar-refractivity contribution in [1.82, 2.24) is 15.1 Å². The zero-order valence-corrected chi connectivity index (χ0v) is 20.1. The molecule has 0 saturated heterocycles. The summed E-state index contributed by atoms with van der Waals surface area (Å²) in [5, 5.41) is 19.6. The number of nitrogens with zero attached hydrogens (tertiary/aromatic N) is 4. The van der Waals surface area contributed by atoms with E-state index in [1.54, 1.807) is 33.8 Å². The zero-order valence-electron chi connectivity index (χ0n) is 20.1. The molecule has 180 valence electrons. The van der Waals surface area contributed by atoms with Crippen LogP contribution in [0.3, 0.4) is 0 Å². The lowest BCUT2D eigenvalue weighted by molar-refractivity contribution is 0.0947. The Labute approximate surface area is 205 Å². The Morgan fingerprint density at radius 2 is 1.91 bits per heavy atom. The van der Waals surface area contributed by atoms with Crippen LogP contribution in [0.1, 0.15) is 65.1 Å². The third-order valence-corrected chi connectivity index (χ3v) is 6.26. The summed E-state index contributed by atoms with van der Waals surface area (Å²) in [7, 11) is 0. The first-order valence-electron chi connectivity index (χ1n) is 12.1. The lowest BCUT2D eigenvalue weighted by Crippen LogP contribution is -2.41. The van der Waals surface area contributed by atoms with Gasteiger partial charge >= 0.3 is 0 Å². The molecule has 2 aliphatic rings. The largest absolute Gasteiger partial charge is 0.322 e. The standard InChI is InChI=1S/C25H24N6O2.C2H6/c26-14-18-3-1-6-20(13-18)29-24(32)22-16-28-31-12-11-30(25(33)23(22)31)21-9-7-17(8-10-21)15-27-19-4-2-5-19;1-2/h1,3,6-10,13,16,19,27H,2,4-5,11-12,15H2,(H,29,32);1-2H3. The SMILES string of the molecule is CC.N#Cc1cccc(NC(=O)c2cnn3c2C(=O)N(c2ccc(CNC4CCC4)cc2)CC3)c1. The van der Waals surface area contributed by atoms with Gasteiger partial charge < -0.3 is 15.5 Å². The highest BCUT2D eigenvalue weighted by atomic mass is 16.2. The first-order chi connectivity index (χ1) is 17.1. The minimum Gasteiger partial charge on any atom is -0.322 e. The van der Waals surface area contributed by atoms with E-state index in [0.717, 1.165) is 12.2 Å². The number of anilines is 2. The number of hydrogen-bond donors (Lipinski definition) is 2. The predicted octanol–water partition coefficient (Wildman–Crippen LogP) is 4.34. The van der Waals surface area contributed by atoms with Gasteiger partial charge in [0.1, 0.15) is 5.69 Å². The van der Waals surface area contributed by atoms with E-state index < -0.39 is 5.91 Å². The summed E-state index contributed by atoms with van der Waals surface area (Å²) in [6.07, 6.45) is 5.22. The summed E-state index contributed by atoms with van der Waals surface area (Å²) >= 11 is 0. The number of nitrogens with one attached hydrogen (secondary N) is 2. The number of amides is 2. The van der Waals surface area contributed by atoms with Crippen molar-refractivity contribution in [3.05, 3.63) is 77.1 Å². The minimum atomic E-state index is -0.432. The number of aromatic nitrogens is 2. The van der Waals surface area contributed by atoms with Crippen LogP contribution in [-0.2, 0) is 13.1 Å². The Bertz CT molecular complexity index is 1240. The topological polar surface area (TPSA) is 103 Å². The molecule has 0 bridgehead atoms. The molecule has 1 aromatic heterocycles. The average molecular weight is 471 g/mol. The summed E-state index contributed by atoms with van der Waals surface area (Å²) in [6.45, 7) is 5.81. The molecule has 1 saturated carbocycles. The Hall–Kier alpha value is -3.96. The van der Waals surface area contributed by atoms with Gasteiger partial charge in [-0.15, -0.1) is 0 Å². The monoisotopic (exact) mass is 470 g/mol. The van der Waals surface area contributed by atoms with E-state index in [1.165, 1.54) is 31.0 Å². The fraction of sp³-hybridized carbons (Fsp3) is 0.333. The number of rotatable bonds is 6. The van der Waals surface area contributed by atoms with Gasteiger partial charge in [0.15, 0.2) is 0 Å². The Morgan fingerprint density at radius 3 is 2.60 bits per heavy atom. The number of carbonyl (C=O) groups excluding carboxylic acids is 2. The average Bonchev–Trinajstić information content (AvgIpc) is 3.31. The molecule has 2 heterocycles. The van der Waals surface area contributed by atoms with Gasteiger partial charge in [0.05, 0.1) is 29.9 Å². The van der Waals surface area contributed by atoms with Crippen LogP contribution in [0.25, 0.3) is 0 Å². The molecular formula is C27H30N6O2. The number of hydrogen-bond acceptors (Lipinski definition) is 5. The van der Waals surface area contributed by atoms with Gasteiger partial charge in [-0.25, -0.2) is 0 Å². The van der Waals surface area contributed by atoms with Crippen LogP contribution in [0.4, 0.5) is 11.4 Å². The molecule has 5 rings (SSSR count). The van der Waals surface area contributed by atoms with Crippen LogP contribution in [0.5, 0.6) is 0 Å². The second kappa shape index (κ2) is 11.0. The Kier molecular flexibility index (Phi) is 7.58. The molecule has 35 heavy (non-hydrogen) atoms. The van der Waals surface area contributed by atoms with E-state index in [0.29, 0.717) is 30.4 Å². The molecule has 0 atom stereocenters. The third-order valence-electron chi connectivity index (χ3n) is 6.26. The van der Waals surface area contributed by atoms with E-state index in [9.17, 15) is 9.59 Å². The molecule has 0 unspecified atom stereocenters. The van der Waals surface area contributed by atoms with Gasteiger partial charge in [-0.2, -0.15) is 10.4 Å². The highest BCUT2D eigenvalue weighted by Crippen LogP contribution is 2.25. The van der Waals surface area contributed by atoms with E-state index in [1.807, 2.05) is 44.2 Å². The maximum Gasteiger partial charge on any atom is 0.277 e. The fourth-order valence-electron chi connectivity index (χ4n) is 4.15. The van der Waals surface area contributed by atoms with Crippen molar-refractivity contribution in [3.8, 4) is 6.07 Å². The summed E-state index contributed by atoms with van der Waals surface area (Å²) in [4.78, 5) is 27.9. The first kappa shape index (κ1) is 24.2. The third kappa shape index (κ3) is 5.26. The van der Waals surface area contributed by atoms with Crippen LogP contribution in [-0.4, -0.2) is 34.2 Å². The van der Waals surface area contributed by atoms with Crippen LogP contribution in [0, 0.1) is 11.3 Å². The van der Waals surface area contributed by atoms with Gasteiger partial charge in [0, 0.05) is 30.5 Å². The normalized spacial score (nSPS) is 14.8. The predicted molar refractivity (Wildman–Crippen MR) is 135 cm³/mol. The summed E-state index contributed by atoms with van der Waals surface area (Å²) in [5.41, 5.74) is 3.40. The molecule has 8 nitrogen and oxygen atoms in total. The smallest absolute Gasteiger partial charge is 0.277 e. The Morgan fingerprint density at radius 1 is 1.14 bits per heavy atom. The van der Waals surface area contributed by atoms with Crippen LogP contribution in [0.2, 0.25) is 0 Å². The molecule has 1 aliphatic carbocycles. The van der Waals surface area contributed by atoms with E-state index >= 15 is 0 Å². The van der Waals surface area contributed by atoms with Gasteiger partial charge in [0.2, 0.25) is 0 Å². The first-order valence-corrected chi connectivity index (χ1v) is 12.1. The van der Waals surface area contributed by atoms with Crippen molar-refractivity contribution < 1.29 is 9.59 Å². The Balaban J connectivity index is 0.00000141. The van der Waals surface area contributed by atoms with E-state index in [2.05, 4.69) is 15.7 Å². The summed E-state index contributed by atoms with van der Waals surface area (Å²) in [6, 6.07) is 17.3. The van der Waals surface area contributed by atoms with Crippen molar-refractivity contribution in [2.75, 3.05) is 16.8 Å². The number of carbonyl (C=O) groups is 2. The highest BCUT2D eigenvalue weighted by molar-refractivity contribution is 6.15. The van der Waals surface area contributed by atoms with Crippen molar-refractivity contribution in [1.29, 1.82) is 5.26 Å². The number of fused-ring (bicyclic) bond motifs is 1. The number of benzene rings is 2. The molecule has 2 aromatic carbocycles. The molecule has 0 spiro atoms. The second-order valence-corrected chi connectivity index (χ2v) is 8.41. The van der Waals surface area contributed by atoms with Crippen molar-refractivity contribution in [2.24, 2.45) is 0 Å². The van der Waals surface area contributed by atoms with Crippen LogP contribution < -0.4 is 15.5 Å². The highest BCUT2D eigenvalue weighted by Gasteiger charge is 2.32. The molecule has 3 aromatic rings. The maximum atomic E-state index is 13.3. The lowest BCUT2D eigenvalue weighted by Gasteiger charge is -2.28. The molecule has 1 fully saturated rings. The van der Waals surface area contributed by atoms with Gasteiger partial charge in [-0.1, -0.05) is 38.5 Å². The zero-order chi connectivity index (χ0) is 24.8. The molecule has 2 N–H and O–H groups in total. The molecular weight excluding hydrogens is 440 g/mol. The summed E-state index contributed by atoms with van der Waals surface area (Å²) in [5.74, 6) is -0.686.